The quantitative estimate of drug-likeness (QED) is 0.365. The minimum atomic E-state index is -0.0493. The maximum atomic E-state index is 11.9. The first-order valence-corrected chi connectivity index (χ1v) is 8.75. The summed E-state index contributed by atoms with van der Waals surface area (Å²) in [6.07, 6.45) is 0. The molecule has 0 N–H and O–H groups in total. The molecule has 0 saturated carbocycles. The Balaban J connectivity index is 1.99. The molecule has 0 bridgehead atoms. The van der Waals surface area contributed by atoms with Crippen LogP contribution in [0.1, 0.15) is 10.4 Å². The van der Waals surface area contributed by atoms with E-state index in [4.69, 9.17) is 18.9 Å². The molecular formula is C13H18Br2O5S. The van der Waals surface area contributed by atoms with Crippen molar-refractivity contribution in [1.82, 2.24) is 0 Å². The highest BCUT2D eigenvalue weighted by Gasteiger charge is 2.13. The van der Waals surface area contributed by atoms with Crippen LogP contribution >= 0.6 is 43.2 Å². The van der Waals surface area contributed by atoms with Crippen molar-refractivity contribution in [1.29, 1.82) is 0 Å². The van der Waals surface area contributed by atoms with Gasteiger partial charge >= 0.3 is 0 Å². The van der Waals surface area contributed by atoms with Crippen molar-refractivity contribution in [2.75, 3.05) is 53.4 Å². The van der Waals surface area contributed by atoms with Crippen LogP contribution in [0.3, 0.4) is 0 Å². The van der Waals surface area contributed by atoms with E-state index < -0.39 is 0 Å². The van der Waals surface area contributed by atoms with Crippen LogP contribution in [0.15, 0.2) is 13.6 Å². The lowest BCUT2D eigenvalue weighted by atomic mass is 10.2. The zero-order valence-corrected chi connectivity index (χ0v) is 15.7. The molecule has 0 aliphatic carbocycles. The number of Topliss-reactive ketones (excluding diaryl/α,β-unsaturated/α-hetero) is 1. The third-order valence-corrected chi connectivity index (χ3v) is 4.71. The Morgan fingerprint density at radius 1 is 1.05 bits per heavy atom. The highest BCUT2D eigenvalue weighted by molar-refractivity contribution is 9.12. The van der Waals surface area contributed by atoms with Gasteiger partial charge in [0.25, 0.3) is 0 Å². The van der Waals surface area contributed by atoms with E-state index in [1.165, 1.54) is 11.3 Å². The summed E-state index contributed by atoms with van der Waals surface area (Å²) in [5.41, 5.74) is 0.638. The number of halogens is 2. The largest absolute Gasteiger partial charge is 0.382 e. The van der Waals surface area contributed by atoms with E-state index in [2.05, 4.69) is 31.9 Å². The number of ether oxygens (including phenoxy) is 4. The standard InChI is InChI=1S/C13H18Br2O5S/c1-17-2-3-18-4-5-19-6-7-20-9-11(16)10-8-12(14)21-13(10)15/h8H,2-7,9H2,1H3. The van der Waals surface area contributed by atoms with Crippen LogP contribution in [0.4, 0.5) is 0 Å². The Morgan fingerprint density at radius 2 is 1.62 bits per heavy atom. The van der Waals surface area contributed by atoms with Crippen LogP contribution in [-0.2, 0) is 18.9 Å². The van der Waals surface area contributed by atoms with E-state index in [1.807, 2.05) is 0 Å². The van der Waals surface area contributed by atoms with Gasteiger partial charge in [0.05, 0.1) is 47.2 Å². The maximum Gasteiger partial charge on any atom is 0.190 e. The molecule has 0 saturated heterocycles. The summed E-state index contributed by atoms with van der Waals surface area (Å²) in [6.45, 7) is 3.05. The number of carbonyl (C=O) groups excluding carboxylic acids is 1. The molecule has 0 amide bonds. The lowest BCUT2D eigenvalue weighted by Crippen LogP contribution is -2.14. The Kier molecular flexibility index (Phi) is 10.7. The van der Waals surface area contributed by atoms with Crippen molar-refractivity contribution in [3.63, 3.8) is 0 Å². The smallest absolute Gasteiger partial charge is 0.190 e. The predicted octanol–water partition coefficient (Wildman–Crippen LogP) is 3.15. The van der Waals surface area contributed by atoms with Gasteiger partial charge in [0, 0.05) is 12.7 Å². The maximum absolute atomic E-state index is 11.9. The van der Waals surface area contributed by atoms with E-state index in [9.17, 15) is 4.79 Å². The molecule has 0 unspecified atom stereocenters. The first kappa shape index (κ1) is 19.2. The molecule has 0 atom stereocenters. The molecular weight excluding hydrogens is 428 g/mol. The fourth-order valence-electron chi connectivity index (χ4n) is 1.36. The van der Waals surface area contributed by atoms with Crippen molar-refractivity contribution in [3.8, 4) is 0 Å². The lowest BCUT2D eigenvalue weighted by Gasteiger charge is -2.06. The second kappa shape index (κ2) is 11.7. The number of rotatable bonds is 12. The van der Waals surface area contributed by atoms with Crippen LogP contribution in [0.25, 0.3) is 0 Å². The summed E-state index contributed by atoms with van der Waals surface area (Å²) in [5.74, 6) is -0.0493. The molecule has 0 spiro atoms. The molecule has 1 heterocycles. The Morgan fingerprint density at radius 3 is 2.14 bits per heavy atom. The average molecular weight is 446 g/mol. The number of thiophene rings is 1. The first-order valence-electron chi connectivity index (χ1n) is 6.35. The van der Waals surface area contributed by atoms with Crippen LogP contribution < -0.4 is 0 Å². The fraction of sp³-hybridized carbons (Fsp3) is 0.615. The number of hydrogen-bond acceptors (Lipinski definition) is 6. The summed E-state index contributed by atoms with van der Waals surface area (Å²) < 4.78 is 22.4. The second-order valence-corrected chi connectivity index (χ2v) is 7.68. The van der Waals surface area contributed by atoms with Crippen molar-refractivity contribution in [2.24, 2.45) is 0 Å². The van der Waals surface area contributed by atoms with Crippen molar-refractivity contribution >= 4 is 49.0 Å². The van der Waals surface area contributed by atoms with Crippen molar-refractivity contribution in [2.45, 2.75) is 0 Å². The predicted molar refractivity (Wildman–Crippen MR) is 88.4 cm³/mol. The van der Waals surface area contributed by atoms with Gasteiger partial charge < -0.3 is 18.9 Å². The molecule has 8 heteroatoms. The molecule has 1 aromatic heterocycles. The Bertz CT molecular complexity index is 425. The molecule has 21 heavy (non-hydrogen) atoms. The van der Waals surface area contributed by atoms with E-state index in [-0.39, 0.29) is 12.4 Å². The van der Waals surface area contributed by atoms with Crippen LogP contribution in [-0.4, -0.2) is 59.1 Å². The van der Waals surface area contributed by atoms with Crippen LogP contribution in [0.5, 0.6) is 0 Å². The monoisotopic (exact) mass is 444 g/mol. The lowest BCUT2D eigenvalue weighted by molar-refractivity contribution is 0.00492. The SMILES string of the molecule is COCCOCCOCCOCC(=O)c1cc(Br)sc1Br. The van der Waals surface area contributed by atoms with Gasteiger partial charge in [-0.25, -0.2) is 0 Å². The number of methoxy groups -OCH3 is 1. The Labute approximate surface area is 145 Å². The zero-order chi connectivity index (χ0) is 15.5. The highest BCUT2D eigenvalue weighted by Crippen LogP contribution is 2.32. The highest BCUT2D eigenvalue weighted by atomic mass is 79.9. The van der Waals surface area contributed by atoms with Gasteiger partial charge in [0.15, 0.2) is 5.78 Å². The van der Waals surface area contributed by atoms with E-state index in [0.29, 0.717) is 45.2 Å². The minimum Gasteiger partial charge on any atom is -0.382 e. The second-order valence-electron chi connectivity index (χ2n) is 3.93. The molecule has 0 fully saturated rings. The summed E-state index contributed by atoms with van der Waals surface area (Å²) in [6, 6.07) is 1.79. The van der Waals surface area contributed by atoms with Crippen molar-refractivity contribution < 1.29 is 23.7 Å². The third kappa shape index (κ3) is 8.39. The third-order valence-electron chi connectivity index (χ3n) is 2.37. The van der Waals surface area contributed by atoms with E-state index in [1.54, 1.807) is 13.2 Å². The number of hydrogen-bond donors (Lipinski definition) is 0. The van der Waals surface area contributed by atoms with Crippen molar-refractivity contribution in [3.05, 3.63) is 19.2 Å². The van der Waals surface area contributed by atoms with Gasteiger partial charge in [-0.2, -0.15) is 0 Å². The van der Waals surface area contributed by atoms with Gasteiger partial charge in [-0.15, -0.1) is 11.3 Å². The Hall–Kier alpha value is 0.170. The normalized spacial score (nSPS) is 11.0. The molecule has 0 aromatic carbocycles. The molecule has 120 valence electrons. The first-order chi connectivity index (χ1) is 10.1. The van der Waals surface area contributed by atoms with E-state index >= 15 is 0 Å². The summed E-state index contributed by atoms with van der Waals surface area (Å²) in [5, 5.41) is 0. The molecule has 1 rings (SSSR count). The molecule has 0 radical (unpaired) electrons. The summed E-state index contributed by atoms with van der Waals surface area (Å²) >= 11 is 8.16. The van der Waals surface area contributed by atoms with Gasteiger partial charge in [-0.1, -0.05) is 0 Å². The van der Waals surface area contributed by atoms with Gasteiger partial charge in [0.2, 0.25) is 0 Å². The van der Waals surface area contributed by atoms with Gasteiger partial charge in [0.1, 0.15) is 6.61 Å². The van der Waals surface area contributed by atoms with E-state index in [0.717, 1.165) is 7.57 Å². The topological polar surface area (TPSA) is 54.0 Å². The molecule has 0 aliphatic heterocycles. The molecule has 5 nitrogen and oxygen atoms in total. The van der Waals surface area contributed by atoms with Crippen LogP contribution in [0.2, 0.25) is 0 Å². The summed E-state index contributed by atoms with van der Waals surface area (Å²) in [4.78, 5) is 11.9. The molecule has 1 aromatic rings. The summed E-state index contributed by atoms with van der Waals surface area (Å²) in [7, 11) is 1.63. The number of ketones is 1. The minimum absolute atomic E-state index is 0.0493. The van der Waals surface area contributed by atoms with Crippen LogP contribution in [0, 0.1) is 0 Å². The zero-order valence-electron chi connectivity index (χ0n) is 11.7. The van der Waals surface area contributed by atoms with Gasteiger partial charge in [-0.3, -0.25) is 4.79 Å². The number of carbonyl (C=O) groups is 1. The molecule has 0 aliphatic rings. The average Bonchev–Trinajstić information content (AvgIpc) is 2.79. The van der Waals surface area contributed by atoms with Gasteiger partial charge in [-0.05, 0) is 37.9 Å². The fourth-order valence-corrected chi connectivity index (χ4v) is 4.21.